The normalized spacial score (nSPS) is 9.56. The minimum Gasteiger partial charge on any atom is -0.484 e. The van der Waals surface area contributed by atoms with Gasteiger partial charge in [0.05, 0.1) is 24.4 Å². The van der Waals surface area contributed by atoms with Crippen LogP contribution in [0, 0.1) is 11.3 Å². The number of hydrogen-bond acceptors (Lipinski definition) is 6. The molecule has 0 bridgehead atoms. The molecule has 3 amide bonds. The number of furan rings is 1. The van der Waals surface area contributed by atoms with Crippen LogP contribution >= 0.6 is 0 Å². The highest BCUT2D eigenvalue weighted by Gasteiger charge is 2.11. The number of nitrogens with zero attached hydrogens (tertiary/aromatic N) is 1. The van der Waals surface area contributed by atoms with Gasteiger partial charge in [-0.2, -0.15) is 5.26 Å². The molecule has 0 unspecified atom stereocenters. The van der Waals surface area contributed by atoms with Gasteiger partial charge in [0.15, 0.2) is 12.4 Å². The van der Waals surface area contributed by atoms with E-state index in [2.05, 4.69) is 16.2 Å². The van der Waals surface area contributed by atoms with E-state index in [0.717, 1.165) is 0 Å². The Labute approximate surface area is 142 Å². The number of amides is 3. The zero-order valence-corrected chi connectivity index (χ0v) is 12.9. The molecule has 3 N–H and O–H groups in total. The summed E-state index contributed by atoms with van der Waals surface area (Å²) in [5, 5.41) is 11.0. The van der Waals surface area contributed by atoms with E-state index in [-0.39, 0.29) is 18.9 Å². The number of benzene rings is 1. The van der Waals surface area contributed by atoms with Gasteiger partial charge < -0.3 is 14.5 Å². The van der Waals surface area contributed by atoms with Crippen LogP contribution < -0.4 is 20.9 Å². The van der Waals surface area contributed by atoms with Gasteiger partial charge in [-0.25, -0.2) is 0 Å². The number of carbonyl (C=O) groups excluding carboxylic acids is 3. The predicted molar refractivity (Wildman–Crippen MR) is 84.0 cm³/mol. The van der Waals surface area contributed by atoms with E-state index in [1.54, 1.807) is 30.3 Å². The maximum atomic E-state index is 11.6. The van der Waals surface area contributed by atoms with Gasteiger partial charge in [-0.15, -0.1) is 0 Å². The van der Waals surface area contributed by atoms with Gasteiger partial charge in [0.2, 0.25) is 0 Å². The molecule has 1 aromatic heterocycles. The van der Waals surface area contributed by atoms with E-state index in [1.807, 2.05) is 6.07 Å². The lowest BCUT2D eigenvalue weighted by molar-refractivity contribution is -0.129. The van der Waals surface area contributed by atoms with E-state index in [0.29, 0.717) is 11.3 Å². The van der Waals surface area contributed by atoms with Crippen LogP contribution in [0.5, 0.6) is 5.75 Å². The van der Waals surface area contributed by atoms with Gasteiger partial charge in [0.25, 0.3) is 17.7 Å². The average Bonchev–Trinajstić information content (AvgIpc) is 3.18. The Morgan fingerprint density at radius 3 is 2.44 bits per heavy atom. The molecule has 128 valence electrons. The number of nitriles is 1. The van der Waals surface area contributed by atoms with Crippen LogP contribution in [0.3, 0.4) is 0 Å². The van der Waals surface area contributed by atoms with Gasteiger partial charge in [-0.1, -0.05) is 0 Å². The molecule has 0 atom stereocenters. The maximum absolute atomic E-state index is 11.6. The molecular weight excluding hydrogens is 328 g/mol. The summed E-state index contributed by atoms with van der Waals surface area (Å²) in [4.78, 5) is 34.6. The van der Waals surface area contributed by atoms with Crippen LogP contribution in [0.4, 0.5) is 0 Å². The second-order valence-corrected chi connectivity index (χ2v) is 4.68. The SMILES string of the molecule is N#Cc1ccc(OCC(=O)NNC(=O)CNC(=O)c2ccco2)cc1. The highest BCUT2D eigenvalue weighted by atomic mass is 16.5. The third kappa shape index (κ3) is 5.72. The molecule has 1 heterocycles. The van der Waals surface area contributed by atoms with Crippen molar-refractivity contribution in [1.82, 2.24) is 16.2 Å². The maximum Gasteiger partial charge on any atom is 0.287 e. The second kappa shape index (κ2) is 8.73. The second-order valence-electron chi connectivity index (χ2n) is 4.68. The van der Waals surface area contributed by atoms with E-state index in [9.17, 15) is 14.4 Å². The van der Waals surface area contributed by atoms with Crippen molar-refractivity contribution >= 4 is 17.7 Å². The molecule has 0 aliphatic carbocycles. The highest BCUT2D eigenvalue weighted by molar-refractivity contribution is 5.94. The first-order valence-electron chi connectivity index (χ1n) is 7.11. The molecule has 9 nitrogen and oxygen atoms in total. The predicted octanol–water partition coefficient (Wildman–Crippen LogP) is 0.107. The number of carbonyl (C=O) groups is 3. The van der Waals surface area contributed by atoms with Crippen molar-refractivity contribution in [1.29, 1.82) is 5.26 Å². The van der Waals surface area contributed by atoms with Crippen LogP contribution in [0.25, 0.3) is 0 Å². The smallest absolute Gasteiger partial charge is 0.287 e. The molecular formula is C16H14N4O5. The number of nitrogens with one attached hydrogen (secondary N) is 3. The van der Waals surface area contributed by atoms with Crippen LogP contribution in [-0.2, 0) is 9.59 Å². The minimum atomic E-state index is -0.619. The van der Waals surface area contributed by atoms with Crippen LogP contribution in [-0.4, -0.2) is 30.9 Å². The van der Waals surface area contributed by atoms with Gasteiger partial charge >= 0.3 is 0 Å². The zero-order valence-electron chi connectivity index (χ0n) is 12.9. The molecule has 0 fully saturated rings. The molecule has 0 aliphatic heterocycles. The number of ether oxygens (including phenoxy) is 1. The summed E-state index contributed by atoms with van der Waals surface area (Å²) in [6.45, 7) is -0.665. The largest absolute Gasteiger partial charge is 0.484 e. The monoisotopic (exact) mass is 342 g/mol. The first kappa shape index (κ1) is 17.6. The lowest BCUT2D eigenvalue weighted by Gasteiger charge is -2.09. The Hall–Kier alpha value is -3.80. The number of hydrogen-bond donors (Lipinski definition) is 3. The quantitative estimate of drug-likeness (QED) is 0.638. The first-order valence-corrected chi connectivity index (χ1v) is 7.11. The topological polar surface area (TPSA) is 133 Å². The van der Waals surface area contributed by atoms with Gasteiger partial charge in [0, 0.05) is 0 Å². The summed E-state index contributed by atoms with van der Waals surface area (Å²) in [6.07, 6.45) is 1.34. The lowest BCUT2D eigenvalue weighted by Crippen LogP contribution is -2.47. The molecule has 0 spiro atoms. The van der Waals surface area contributed by atoms with Crippen molar-refractivity contribution in [2.75, 3.05) is 13.2 Å². The van der Waals surface area contributed by atoms with Crippen molar-refractivity contribution in [2.45, 2.75) is 0 Å². The van der Waals surface area contributed by atoms with E-state index in [1.165, 1.54) is 12.3 Å². The molecule has 0 saturated heterocycles. The Balaban J connectivity index is 1.64. The third-order valence-corrected chi connectivity index (χ3v) is 2.85. The fourth-order valence-corrected chi connectivity index (χ4v) is 1.65. The third-order valence-electron chi connectivity index (χ3n) is 2.85. The summed E-state index contributed by atoms with van der Waals surface area (Å²) in [5.74, 6) is -1.27. The molecule has 0 radical (unpaired) electrons. The van der Waals surface area contributed by atoms with Crippen molar-refractivity contribution < 1.29 is 23.5 Å². The van der Waals surface area contributed by atoms with Gasteiger partial charge in [-0.3, -0.25) is 25.2 Å². The Morgan fingerprint density at radius 2 is 1.80 bits per heavy atom. The lowest BCUT2D eigenvalue weighted by atomic mass is 10.2. The number of hydrazine groups is 1. The Kier molecular flexibility index (Phi) is 6.13. The average molecular weight is 342 g/mol. The Morgan fingerprint density at radius 1 is 1.08 bits per heavy atom. The van der Waals surface area contributed by atoms with Crippen molar-refractivity contribution in [3.05, 3.63) is 54.0 Å². The van der Waals surface area contributed by atoms with Crippen LogP contribution in [0.1, 0.15) is 16.1 Å². The van der Waals surface area contributed by atoms with E-state index in [4.69, 9.17) is 14.4 Å². The van der Waals surface area contributed by atoms with Crippen molar-refractivity contribution in [3.8, 4) is 11.8 Å². The van der Waals surface area contributed by atoms with Gasteiger partial charge in [0.1, 0.15) is 5.75 Å². The summed E-state index contributed by atoms with van der Waals surface area (Å²) in [5.41, 5.74) is 4.75. The number of rotatable bonds is 6. The minimum absolute atomic E-state index is 0.0765. The summed E-state index contributed by atoms with van der Waals surface area (Å²) in [7, 11) is 0. The molecule has 2 aromatic rings. The standard InChI is InChI=1S/C16H14N4O5/c17-8-11-3-5-12(6-4-11)25-10-15(22)20-19-14(21)9-18-16(23)13-2-1-7-24-13/h1-7H,9-10H2,(H,18,23)(H,19,21)(H,20,22). The highest BCUT2D eigenvalue weighted by Crippen LogP contribution is 2.10. The summed E-state index contributed by atoms with van der Waals surface area (Å²) < 4.78 is 10.1. The van der Waals surface area contributed by atoms with E-state index >= 15 is 0 Å². The molecule has 2 rings (SSSR count). The van der Waals surface area contributed by atoms with Gasteiger partial charge in [-0.05, 0) is 36.4 Å². The van der Waals surface area contributed by atoms with Crippen molar-refractivity contribution in [3.63, 3.8) is 0 Å². The molecule has 25 heavy (non-hydrogen) atoms. The van der Waals surface area contributed by atoms with Crippen LogP contribution in [0.2, 0.25) is 0 Å². The fourth-order valence-electron chi connectivity index (χ4n) is 1.65. The molecule has 1 aromatic carbocycles. The van der Waals surface area contributed by atoms with E-state index < -0.39 is 17.7 Å². The fraction of sp³-hybridized carbons (Fsp3) is 0.125. The Bertz CT molecular complexity index is 778. The molecule has 0 aliphatic rings. The van der Waals surface area contributed by atoms with Crippen molar-refractivity contribution in [2.24, 2.45) is 0 Å². The molecule has 9 heteroatoms. The van der Waals surface area contributed by atoms with Crippen LogP contribution in [0.15, 0.2) is 47.1 Å². The zero-order chi connectivity index (χ0) is 18.1. The summed E-state index contributed by atoms with van der Waals surface area (Å²) in [6, 6.07) is 11.2. The first-order chi connectivity index (χ1) is 12.1. The summed E-state index contributed by atoms with van der Waals surface area (Å²) >= 11 is 0. The molecule has 0 saturated carbocycles.